The van der Waals surface area contributed by atoms with E-state index in [1.165, 1.54) is 7.05 Å². The van der Waals surface area contributed by atoms with E-state index in [9.17, 15) is 19.7 Å². The molecule has 100 valence electrons. The fourth-order valence-corrected chi connectivity index (χ4v) is 1.86. The van der Waals surface area contributed by atoms with Crippen LogP contribution in [0.1, 0.15) is 6.42 Å². The van der Waals surface area contributed by atoms with E-state index in [0.29, 0.717) is 0 Å². The van der Waals surface area contributed by atoms with Crippen molar-refractivity contribution >= 4 is 34.9 Å². The maximum atomic E-state index is 11.7. The molecule has 0 radical (unpaired) electrons. The number of nitro groups is 1. The molecule has 1 aliphatic heterocycles. The molecule has 1 fully saturated rings. The van der Waals surface area contributed by atoms with Crippen molar-refractivity contribution in [2.75, 3.05) is 12.4 Å². The van der Waals surface area contributed by atoms with Crippen LogP contribution in [0.15, 0.2) is 6.33 Å². The maximum Gasteiger partial charge on any atom is 0.348 e. The van der Waals surface area contributed by atoms with Crippen molar-refractivity contribution in [1.29, 1.82) is 0 Å². The summed E-state index contributed by atoms with van der Waals surface area (Å²) in [5, 5.41) is 13.1. The van der Waals surface area contributed by atoms with Crippen LogP contribution in [0.25, 0.3) is 0 Å². The lowest BCUT2D eigenvalue weighted by Gasteiger charge is -2.11. The molecule has 2 amide bonds. The number of hydrogen-bond acceptors (Lipinski definition) is 7. The van der Waals surface area contributed by atoms with E-state index in [-0.39, 0.29) is 23.3 Å². The van der Waals surface area contributed by atoms with Gasteiger partial charge in [-0.15, -0.1) is 0 Å². The number of imide groups is 1. The van der Waals surface area contributed by atoms with Gasteiger partial charge in [0, 0.05) is 7.05 Å². The lowest BCUT2D eigenvalue weighted by atomic mass is 10.2. The predicted molar refractivity (Wildman–Crippen MR) is 63.5 cm³/mol. The molecular formula is C9H8ClN5O4. The van der Waals surface area contributed by atoms with Crippen molar-refractivity contribution in [1.82, 2.24) is 14.9 Å². The topological polar surface area (TPSA) is 118 Å². The normalized spacial score (nSPS) is 18.8. The third kappa shape index (κ3) is 2.32. The molecule has 1 aromatic heterocycles. The molecule has 0 saturated carbocycles. The third-order valence-corrected chi connectivity index (χ3v) is 2.93. The molecule has 1 N–H and O–H groups in total. The van der Waals surface area contributed by atoms with Gasteiger partial charge in [0.15, 0.2) is 0 Å². The van der Waals surface area contributed by atoms with E-state index in [2.05, 4.69) is 15.3 Å². The molecular weight excluding hydrogens is 278 g/mol. The maximum absolute atomic E-state index is 11.7. The number of nitrogens with one attached hydrogen (secondary N) is 1. The summed E-state index contributed by atoms with van der Waals surface area (Å²) in [5.74, 6) is -1.04. The van der Waals surface area contributed by atoms with Crippen LogP contribution >= 0.6 is 11.6 Å². The molecule has 10 heteroatoms. The molecule has 9 nitrogen and oxygen atoms in total. The highest BCUT2D eigenvalue weighted by Gasteiger charge is 2.37. The van der Waals surface area contributed by atoms with Crippen molar-refractivity contribution in [2.45, 2.75) is 12.5 Å². The third-order valence-electron chi connectivity index (χ3n) is 2.65. The van der Waals surface area contributed by atoms with Crippen molar-refractivity contribution in [2.24, 2.45) is 0 Å². The first-order valence-corrected chi connectivity index (χ1v) is 5.51. The number of hydrogen-bond donors (Lipinski definition) is 1. The number of rotatable bonds is 3. The van der Waals surface area contributed by atoms with Crippen molar-refractivity contribution in [3.8, 4) is 0 Å². The molecule has 19 heavy (non-hydrogen) atoms. The van der Waals surface area contributed by atoms with Crippen molar-refractivity contribution < 1.29 is 14.5 Å². The molecule has 1 atom stereocenters. The number of likely N-dealkylation sites (N-methyl/N-ethyl adjacent to an activating group) is 1. The van der Waals surface area contributed by atoms with E-state index in [4.69, 9.17) is 11.6 Å². The summed E-state index contributed by atoms with van der Waals surface area (Å²) in [5.41, 5.74) is -0.529. The zero-order chi connectivity index (χ0) is 14.2. The Morgan fingerprint density at radius 2 is 2.21 bits per heavy atom. The molecule has 1 unspecified atom stereocenters. The first kappa shape index (κ1) is 13.1. The molecule has 1 aliphatic rings. The monoisotopic (exact) mass is 285 g/mol. The summed E-state index contributed by atoms with van der Waals surface area (Å²) in [6.07, 6.45) is 0.941. The first-order valence-electron chi connectivity index (χ1n) is 5.13. The quantitative estimate of drug-likeness (QED) is 0.365. The Hall–Kier alpha value is -2.29. The van der Waals surface area contributed by atoms with Gasteiger partial charge in [0.2, 0.25) is 16.9 Å². The predicted octanol–water partition coefficient (Wildman–Crippen LogP) is 0.207. The van der Waals surface area contributed by atoms with Gasteiger partial charge in [0.1, 0.15) is 12.4 Å². The van der Waals surface area contributed by atoms with Gasteiger partial charge < -0.3 is 5.32 Å². The molecule has 0 bridgehead atoms. The van der Waals surface area contributed by atoms with E-state index < -0.39 is 22.6 Å². The van der Waals surface area contributed by atoms with Gasteiger partial charge in [-0.3, -0.25) is 24.6 Å². The number of amides is 2. The second-order valence-electron chi connectivity index (χ2n) is 3.81. The fourth-order valence-electron chi connectivity index (χ4n) is 1.66. The second kappa shape index (κ2) is 4.76. The highest BCUT2D eigenvalue weighted by atomic mass is 35.5. The highest BCUT2D eigenvalue weighted by molar-refractivity contribution is 6.31. The van der Waals surface area contributed by atoms with Gasteiger partial charge in [-0.05, 0) is 0 Å². The molecule has 1 aromatic rings. The van der Waals surface area contributed by atoms with E-state index in [1.807, 2.05) is 0 Å². The van der Waals surface area contributed by atoms with E-state index >= 15 is 0 Å². The van der Waals surface area contributed by atoms with Gasteiger partial charge in [-0.2, -0.15) is 0 Å². The SMILES string of the molecule is CN1C(=O)CC(Nc2ncnc(Cl)c2[N+](=O)[O-])C1=O. The number of likely N-dealkylation sites (tertiary alicyclic amines) is 1. The molecule has 2 rings (SSSR count). The number of nitrogens with zero attached hydrogens (tertiary/aromatic N) is 4. The molecule has 0 spiro atoms. The molecule has 2 heterocycles. The number of halogens is 1. The average molecular weight is 286 g/mol. The smallest absolute Gasteiger partial charge is 0.348 e. The first-order chi connectivity index (χ1) is 8.91. The van der Waals surface area contributed by atoms with Gasteiger partial charge in [0.25, 0.3) is 5.91 Å². The zero-order valence-electron chi connectivity index (χ0n) is 9.66. The lowest BCUT2D eigenvalue weighted by molar-refractivity contribution is -0.384. The van der Waals surface area contributed by atoms with Crippen LogP contribution in [0.5, 0.6) is 0 Å². The Morgan fingerprint density at radius 1 is 1.53 bits per heavy atom. The zero-order valence-corrected chi connectivity index (χ0v) is 10.4. The van der Waals surface area contributed by atoms with Crippen LogP contribution in [0.2, 0.25) is 5.15 Å². The Morgan fingerprint density at radius 3 is 2.74 bits per heavy atom. The molecule has 0 aromatic carbocycles. The summed E-state index contributed by atoms with van der Waals surface area (Å²) >= 11 is 5.61. The Kier molecular flexibility index (Phi) is 3.30. The lowest BCUT2D eigenvalue weighted by Crippen LogP contribution is -2.32. The Bertz CT molecular complexity index is 578. The summed E-state index contributed by atoms with van der Waals surface area (Å²) in [4.78, 5) is 41.3. The van der Waals surface area contributed by atoms with Gasteiger partial charge in [-0.1, -0.05) is 11.6 Å². The highest BCUT2D eigenvalue weighted by Crippen LogP contribution is 2.29. The second-order valence-corrected chi connectivity index (χ2v) is 4.17. The average Bonchev–Trinajstić information content (AvgIpc) is 2.57. The van der Waals surface area contributed by atoms with Crippen LogP contribution < -0.4 is 5.32 Å². The summed E-state index contributed by atoms with van der Waals surface area (Å²) < 4.78 is 0. The molecule has 0 aliphatic carbocycles. The minimum Gasteiger partial charge on any atom is -0.352 e. The van der Waals surface area contributed by atoms with Gasteiger partial charge in [-0.25, -0.2) is 9.97 Å². The largest absolute Gasteiger partial charge is 0.352 e. The standard InChI is InChI=1S/C9H8ClN5O4/c1-14-5(16)2-4(9(14)17)13-8-6(15(18)19)7(10)11-3-12-8/h3-4H,2H2,1H3,(H,11,12,13). The van der Waals surface area contributed by atoms with Crippen molar-refractivity contribution in [3.63, 3.8) is 0 Å². The van der Waals surface area contributed by atoms with Crippen LogP contribution in [0.4, 0.5) is 11.5 Å². The summed E-state index contributed by atoms with van der Waals surface area (Å²) in [6.45, 7) is 0. The minimum atomic E-state index is -0.887. The molecule has 1 saturated heterocycles. The number of carbonyl (C=O) groups is 2. The van der Waals surface area contributed by atoms with Gasteiger partial charge >= 0.3 is 5.69 Å². The summed E-state index contributed by atoms with van der Waals surface area (Å²) in [7, 11) is 1.34. The van der Waals surface area contributed by atoms with Crippen molar-refractivity contribution in [3.05, 3.63) is 21.6 Å². The Balaban J connectivity index is 2.30. The number of aromatic nitrogens is 2. The fraction of sp³-hybridized carbons (Fsp3) is 0.333. The van der Waals surface area contributed by atoms with Gasteiger partial charge in [0.05, 0.1) is 11.3 Å². The number of carbonyl (C=O) groups excluding carboxylic acids is 2. The van der Waals surface area contributed by atoms with Crippen LogP contribution in [0.3, 0.4) is 0 Å². The summed E-state index contributed by atoms with van der Waals surface area (Å²) in [6, 6.07) is -0.887. The van der Waals surface area contributed by atoms with Crippen LogP contribution in [-0.4, -0.2) is 44.7 Å². The van der Waals surface area contributed by atoms with Crippen LogP contribution in [0, 0.1) is 10.1 Å². The van der Waals surface area contributed by atoms with E-state index in [0.717, 1.165) is 11.2 Å². The minimum absolute atomic E-state index is 0.0892. The van der Waals surface area contributed by atoms with E-state index in [1.54, 1.807) is 0 Å². The van der Waals surface area contributed by atoms with Crippen LogP contribution in [-0.2, 0) is 9.59 Å². The number of anilines is 1. The Labute approximate surface area is 111 Å².